The monoisotopic (exact) mass is 438 g/mol. The van der Waals surface area contributed by atoms with Crippen LogP contribution in [-0.4, -0.2) is 61.7 Å². The van der Waals surface area contributed by atoms with Crippen molar-refractivity contribution < 1.29 is 78.9 Å². The second-order valence-electron chi connectivity index (χ2n) is 4.40. The van der Waals surface area contributed by atoms with E-state index in [-0.39, 0.29) is 58.5 Å². The minimum atomic E-state index is -1.34. The average molecular weight is 438 g/mol. The fourth-order valence-electron chi connectivity index (χ4n) is 0.211. The van der Waals surface area contributed by atoms with E-state index in [1.54, 1.807) is 0 Å². The van der Waals surface area contributed by atoms with Crippen LogP contribution in [0.2, 0.25) is 0 Å². The molecule has 0 atom stereocenters. The number of aliphatic carboxylic acids is 4. The Kier molecular flexibility index (Phi) is 36.2. The first kappa shape index (κ1) is 41.5. The van der Waals surface area contributed by atoms with E-state index in [4.69, 9.17) is 20.4 Å². The molecule has 4 N–H and O–H groups in total. The number of carbonyl (C=O) groups is 4. The SMILES string of the molecule is CC(=CO)C(=O)[O-].CC(=CO)C(=O)[O-].CC(=CO)C(=O)[O-].CC(=CO)C(=O)[O-].[Al+3].[Li+]. The quantitative estimate of drug-likeness (QED) is 0.182. The van der Waals surface area contributed by atoms with Gasteiger partial charge in [0.15, 0.2) is 0 Å². The zero-order valence-electron chi connectivity index (χ0n) is 16.9. The molecule has 12 nitrogen and oxygen atoms in total. The van der Waals surface area contributed by atoms with Gasteiger partial charge in [0, 0.05) is 22.3 Å². The molecule has 0 aliphatic heterocycles. The molecule has 0 heterocycles. The number of carbonyl (C=O) groups excluding carboxylic acids is 4. The van der Waals surface area contributed by atoms with Crippen molar-refractivity contribution in [1.29, 1.82) is 0 Å². The van der Waals surface area contributed by atoms with Gasteiger partial charge in [-0.05, 0) is 27.7 Å². The molecule has 0 aromatic heterocycles. The molecule has 0 aromatic rings. The molecule has 0 spiro atoms. The first-order valence-corrected chi connectivity index (χ1v) is 6.82. The molecule has 14 heteroatoms. The van der Waals surface area contributed by atoms with Crippen molar-refractivity contribution in [3.8, 4) is 0 Å². The molecule has 0 unspecified atom stereocenters. The molecule has 0 aliphatic carbocycles. The molecular formula is C16H20AlLiO12. The van der Waals surface area contributed by atoms with Gasteiger partial charge in [-0.1, -0.05) is 0 Å². The fourth-order valence-corrected chi connectivity index (χ4v) is 0.211. The van der Waals surface area contributed by atoms with E-state index in [1.165, 1.54) is 27.7 Å². The molecule has 0 fully saturated rings. The van der Waals surface area contributed by atoms with Crippen LogP contribution >= 0.6 is 0 Å². The number of aliphatic hydroxyl groups is 4. The van der Waals surface area contributed by atoms with Gasteiger partial charge in [0.05, 0.1) is 48.9 Å². The van der Waals surface area contributed by atoms with Gasteiger partial charge < -0.3 is 60.0 Å². The Labute approximate surface area is 195 Å². The number of aliphatic hydroxyl groups excluding tert-OH is 4. The largest absolute Gasteiger partial charge is 3.00 e. The van der Waals surface area contributed by atoms with Crippen molar-refractivity contribution in [2.45, 2.75) is 27.7 Å². The number of rotatable bonds is 4. The summed E-state index contributed by atoms with van der Waals surface area (Å²) in [5.74, 6) is -5.38. The summed E-state index contributed by atoms with van der Waals surface area (Å²) in [7, 11) is 0. The summed E-state index contributed by atoms with van der Waals surface area (Å²) < 4.78 is 0. The molecule has 0 saturated heterocycles. The number of carboxylic acid groups (broad SMARTS) is 4. The topological polar surface area (TPSA) is 241 Å². The molecule has 0 radical (unpaired) electrons. The minimum Gasteiger partial charge on any atom is -0.545 e. The fraction of sp³-hybridized carbons (Fsp3) is 0.250. The van der Waals surface area contributed by atoms with Gasteiger partial charge in [0.25, 0.3) is 0 Å². The minimum absolute atomic E-state index is 0. The Morgan fingerprint density at radius 1 is 0.500 bits per heavy atom. The summed E-state index contributed by atoms with van der Waals surface area (Å²) in [6, 6.07) is 0. The first-order chi connectivity index (χ1) is 12.7. The van der Waals surface area contributed by atoms with Crippen LogP contribution in [0.1, 0.15) is 27.7 Å². The van der Waals surface area contributed by atoms with E-state index >= 15 is 0 Å². The Balaban J connectivity index is -0.0000000626. The normalized spacial score (nSPS) is 10.5. The third-order valence-electron chi connectivity index (χ3n) is 2.06. The molecule has 0 aromatic carbocycles. The van der Waals surface area contributed by atoms with E-state index < -0.39 is 23.9 Å². The zero-order valence-corrected chi connectivity index (χ0v) is 18.1. The van der Waals surface area contributed by atoms with Crippen molar-refractivity contribution >= 4 is 41.2 Å². The number of hydrogen-bond donors (Lipinski definition) is 4. The van der Waals surface area contributed by atoms with E-state index in [0.717, 1.165) is 0 Å². The molecular weight excluding hydrogens is 418 g/mol. The first-order valence-electron chi connectivity index (χ1n) is 6.82. The van der Waals surface area contributed by atoms with Crippen molar-refractivity contribution in [1.82, 2.24) is 0 Å². The summed E-state index contributed by atoms with van der Waals surface area (Å²) in [5, 5.41) is 70.1. The number of hydrogen-bond acceptors (Lipinski definition) is 12. The van der Waals surface area contributed by atoms with Crippen LogP contribution < -0.4 is 39.3 Å². The Morgan fingerprint density at radius 2 is 0.600 bits per heavy atom. The van der Waals surface area contributed by atoms with Crippen molar-refractivity contribution in [3.05, 3.63) is 47.3 Å². The van der Waals surface area contributed by atoms with Crippen LogP contribution in [0.3, 0.4) is 0 Å². The molecule has 160 valence electrons. The number of carboxylic acids is 4. The Hall–Kier alpha value is -2.83. The second-order valence-corrected chi connectivity index (χ2v) is 4.40. The summed E-state index contributed by atoms with van der Waals surface area (Å²) in [6.07, 6.45) is 1.98. The molecule has 30 heavy (non-hydrogen) atoms. The molecule has 0 aliphatic rings. The van der Waals surface area contributed by atoms with Crippen molar-refractivity contribution in [3.63, 3.8) is 0 Å². The maximum absolute atomic E-state index is 9.59. The van der Waals surface area contributed by atoms with E-state index in [9.17, 15) is 39.6 Å². The average Bonchev–Trinajstić information content (AvgIpc) is 2.66. The predicted octanol–water partition coefficient (Wildman–Crippen LogP) is -6.58. The van der Waals surface area contributed by atoms with E-state index in [0.29, 0.717) is 25.0 Å². The summed E-state index contributed by atoms with van der Waals surface area (Å²) in [4.78, 5) is 38.4. The maximum Gasteiger partial charge on any atom is 3.00 e. The maximum atomic E-state index is 9.59. The van der Waals surface area contributed by atoms with Crippen LogP contribution in [0.15, 0.2) is 47.3 Å². The van der Waals surface area contributed by atoms with Crippen LogP contribution in [-0.2, 0) is 19.2 Å². The van der Waals surface area contributed by atoms with Gasteiger partial charge in [0.1, 0.15) is 0 Å². The Morgan fingerprint density at radius 3 is 0.600 bits per heavy atom. The van der Waals surface area contributed by atoms with E-state index in [1.807, 2.05) is 0 Å². The van der Waals surface area contributed by atoms with Gasteiger partial charge in [-0.15, -0.1) is 0 Å². The molecule has 0 bridgehead atoms. The smallest absolute Gasteiger partial charge is 0.545 e. The van der Waals surface area contributed by atoms with Crippen molar-refractivity contribution in [2.24, 2.45) is 0 Å². The van der Waals surface area contributed by atoms with Gasteiger partial charge in [0.2, 0.25) is 0 Å². The van der Waals surface area contributed by atoms with Crippen LogP contribution in [0.4, 0.5) is 0 Å². The predicted molar refractivity (Wildman–Crippen MR) is 91.3 cm³/mol. The van der Waals surface area contributed by atoms with Crippen molar-refractivity contribution in [2.75, 3.05) is 0 Å². The Bertz CT molecular complexity index is 539. The van der Waals surface area contributed by atoms with Gasteiger partial charge in [-0.2, -0.15) is 0 Å². The summed E-state index contributed by atoms with van der Waals surface area (Å²) >= 11 is 0. The standard InChI is InChI=1S/4C4H6O3.Al.Li/c4*1-3(2-5)4(6)7;;/h4*2,5H,1H3,(H,6,7);;/q;;;;+3;+1/p-4. The van der Waals surface area contributed by atoms with Crippen LogP contribution in [0, 0.1) is 0 Å². The third kappa shape index (κ3) is 32.8. The summed E-state index contributed by atoms with van der Waals surface area (Å²) in [6.45, 7) is 4.98. The summed E-state index contributed by atoms with van der Waals surface area (Å²) in [5.41, 5.74) is -0.667. The van der Waals surface area contributed by atoms with Gasteiger partial charge >= 0.3 is 36.2 Å². The molecule has 0 saturated carbocycles. The second kappa shape index (κ2) is 26.2. The molecule has 0 rings (SSSR count). The van der Waals surface area contributed by atoms with Gasteiger partial charge in [-0.3, -0.25) is 0 Å². The van der Waals surface area contributed by atoms with Gasteiger partial charge in [-0.25, -0.2) is 0 Å². The van der Waals surface area contributed by atoms with E-state index in [2.05, 4.69) is 0 Å². The molecule has 0 amide bonds. The third-order valence-corrected chi connectivity index (χ3v) is 2.06. The van der Waals surface area contributed by atoms with Crippen LogP contribution in [0.25, 0.3) is 0 Å². The zero-order chi connectivity index (χ0) is 23.4. The van der Waals surface area contributed by atoms with Crippen LogP contribution in [0.5, 0.6) is 0 Å².